The van der Waals surface area contributed by atoms with Gasteiger partial charge in [-0.15, -0.1) is 11.3 Å². The number of fused-ring (bicyclic) bond motifs is 1. The standard InChI is InChI=1S/C9H6FN2S/c1-5-4-13-9-7(5)2-6(12-11)3-8(9)10/h2-4H,1H3/q+1. The van der Waals surface area contributed by atoms with Crippen molar-refractivity contribution in [3.63, 3.8) is 0 Å². The topological polar surface area (TPSA) is 28.1 Å². The van der Waals surface area contributed by atoms with Gasteiger partial charge in [0.25, 0.3) is 0 Å². The second kappa shape index (κ2) is 2.79. The van der Waals surface area contributed by atoms with Crippen molar-refractivity contribution in [2.45, 2.75) is 6.92 Å². The number of nitrogens with zero attached hydrogens (tertiary/aromatic N) is 2. The van der Waals surface area contributed by atoms with E-state index >= 15 is 0 Å². The maximum absolute atomic E-state index is 13.3. The third kappa shape index (κ3) is 1.18. The molecule has 2 nitrogen and oxygen atoms in total. The van der Waals surface area contributed by atoms with Gasteiger partial charge in [0.2, 0.25) is 5.39 Å². The maximum atomic E-state index is 13.3. The van der Waals surface area contributed by atoms with E-state index in [1.165, 1.54) is 17.4 Å². The Hall–Kier alpha value is -1.47. The zero-order valence-electron chi connectivity index (χ0n) is 6.91. The van der Waals surface area contributed by atoms with Gasteiger partial charge in [-0.2, -0.15) is 0 Å². The number of rotatable bonds is 0. The molecule has 0 N–H and O–H groups in total. The zero-order valence-corrected chi connectivity index (χ0v) is 7.73. The fraction of sp³-hybridized carbons (Fsp3) is 0.111. The van der Waals surface area contributed by atoms with E-state index in [1.807, 2.05) is 12.3 Å². The van der Waals surface area contributed by atoms with Crippen LogP contribution in [-0.2, 0) is 0 Å². The van der Waals surface area contributed by atoms with Gasteiger partial charge in [0, 0.05) is 11.5 Å². The Bertz CT molecular complexity index is 510. The molecular formula is C9H6FN2S+. The summed E-state index contributed by atoms with van der Waals surface area (Å²) in [5.74, 6) is -0.330. The number of halogens is 1. The Kier molecular flexibility index (Phi) is 1.74. The zero-order chi connectivity index (χ0) is 9.42. The number of thiophene rings is 1. The monoisotopic (exact) mass is 193 g/mol. The van der Waals surface area contributed by atoms with Crippen molar-refractivity contribution in [2.75, 3.05) is 0 Å². The predicted octanol–water partition coefficient (Wildman–Crippen LogP) is 3.83. The first-order valence-electron chi connectivity index (χ1n) is 3.75. The van der Waals surface area contributed by atoms with Crippen LogP contribution >= 0.6 is 11.3 Å². The molecule has 0 bridgehead atoms. The van der Waals surface area contributed by atoms with Gasteiger partial charge in [0.15, 0.2) is 4.98 Å². The lowest BCUT2D eigenvalue weighted by Gasteiger charge is -1.89. The van der Waals surface area contributed by atoms with Gasteiger partial charge >= 0.3 is 5.69 Å². The Morgan fingerprint density at radius 2 is 2.23 bits per heavy atom. The van der Waals surface area contributed by atoms with E-state index in [1.54, 1.807) is 6.07 Å². The fourth-order valence-corrected chi connectivity index (χ4v) is 2.20. The summed E-state index contributed by atoms with van der Waals surface area (Å²) in [7, 11) is 0. The molecule has 0 fully saturated rings. The molecule has 0 atom stereocenters. The second-order valence-corrected chi connectivity index (χ2v) is 3.70. The number of benzene rings is 1. The predicted molar refractivity (Wildman–Crippen MR) is 51.3 cm³/mol. The molecule has 0 aliphatic heterocycles. The van der Waals surface area contributed by atoms with E-state index in [9.17, 15) is 4.39 Å². The van der Waals surface area contributed by atoms with Gasteiger partial charge in [-0.3, -0.25) is 0 Å². The van der Waals surface area contributed by atoms with E-state index in [4.69, 9.17) is 5.39 Å². The molecule has 1 aromatic carbocycles. The molecular weight excluding hydrogens is 187 g/mol. The number of hydrogen-bond acceptors (Lipinski definition) is 2. The SMILES string of the molecule is Cc1csc2c(F)cc([N+]#N)cc12. The highest BCUT2D eigenvalue weighted by Crippen LogP contribution is 2.31. The molecule has 1 aromatic heterocycles. The van der Waals surface area contributed by atoms with Crippen molar-refractivity contribution in [1.82, 2.24) is 0 Å². The highest BCUT2D eigenvalue weighted by atomic mass is 32.1. The van der Waals surface area contributed by atoms with Crippen LogP contribution in [0.4, 0.5) is 10.1 Å². The van der Waals surface area contributed by atoms with E-state index < -0.39 is 0 Å². The van der Waals surface area contributed by atoms with Crippen molar-refractivity contribution >= 4 is 27.1 Å². The average molecular weight is 193 g/mol. The minimum Gasteiger partial charge on any atom is -0.205 e. The minimum absolute atomic E-state index is 0.256. The third-order valence-corrected chi connectivity index (χ3v) is 3.04. The molecule has 0 radical (unpaired) electrons. The Morgan fingerprint density at radius 3 is 2.92 bits per heavy atom. The lowest BCUT2D eigenvalue weighted by atomic mass is 10.2. The maximum Gasteiger partial charge on any atom is 0.388 e. The Morgan fingerprint density at radius 1 is 1.46 bits per heavy atom. The number of aryl methyl sites for hydroxylation is 1. The molecule has 0 aliphatic carbocycles. The molecule has 13 heavy (non-hydrogen) atoms. The van der Waals surface area contributed by atoms with Gasteiger partial charge in [-0.25, -0.2) is 4.39 Å². The smallest absolute Gasteiger partial charge is 0.205 e. The Balaban J connectivity index is 2.90. The van der Waals surface area contributed by atoms with Crippen LogP contribution in [0.25, 0.3) is 15.1 Å². The first-order chi connectivity index (χ1) is 6.22. The van der Waals surface area contributed by atoms with Gasteiger partial charge in [0.1, 0.15) is 5.82 Å². The first kappa shape index (κ1) is 8.14. The quantitative estimate of drug-likeness (QED) is 0.584. The molecule has 0 aliphatic rings. The third-order valence-electron chi connectivity index (χ3n) is 1.92. The first-order valence-corrected chi connectivity index (χ1v) is 4.63. The van der Waals surface area contributed by atoms with Crippen LogP contribution in [0.3, 0.4) is 0 Å². The fourth-order valence-electron chi connectivity index (χ4n) is 1.26. The van der Waals surface area contributed by atoms with E-state index in [-0.39, 0.29) is 11.5 Å². The van der Waals surface area contributed by atoms with E-state index in [0.29, 0.717) is 4.70 Å². The molecule has 64 valence electrons. The summed E-state index contributed by atoms with van der Waals surface area (Å²) in [6.07, 6.45) is 0. The van der Waals surface area contributed by atoms with Crippen LogP contribution in [0, 0.1) is 18.1 Å². The van der Waals surface area contributed by atoms with E-state index in [0.717, 1.165) is 10.9 Å². The molecule has 4 heteroatoms. The molecule has 2 aromatic rings. The van der Waals surface area contributed by atoms with Crippen molar-refractivity contribution in [3.05, 3.63) is 33.9 Å². The van der Waals surface area contributed by atoms with Gasteiger partial charge in [0.05, 0.1) is 10.8 Å². The van der Waals surface area contributed by atoms with Crippen LogP contribution in [0.2, 0.25) is 0 Å². The van der Waals surface area contributed by atoms with Gasteiger partial charge < -0.3 is 0 Å². The molecule has 0 saturated heterocycles. The minimum atomic E-state index is -0.330. The molecule has 1 heterocycles. The van der Waals surface area contributed by atoms with Gasteiger partial charge in [-0.1, -0.05) is 0 Å². The largest absolute Gasteiger partial charge is 0.388 e. The van der Waals surface area contributed by atoms with Crippen LogP contribution in [0.15, 0.2) is 17.5 Å². The molecule has 0 amide bonds. The summed E-state index contributed by atoms with van der Waals surface area (Å²) in [5.41, 5.74) is 1.26. The van der Waals surface area contributed by atoms with Crippen LogP contribution in [0.1, 0.15) is 5.56 Å². The summed E-state index contributed by atoms with van der Waals surface area (Å²) < 4.78 is 13.9. The van der Waals surface area contributed by atoms with E-state index in [2.05, 4.69) is 4.98 Å². The summed E-state index contributed by atoms with van der Waals surface area (Å²) in [5, 5.41) is 11.2. The molecule has 0 spiro atoms. The summed E-state index contributed by atoms with van der Waals surface area (Å²) in [6, 6.07) is 2.89. The van der Waals surface area contributed by atoms with Crippen molar-refractivity contribution < 1.29 is 4.39 Å². The normalized spacial score (nSPS) is 10.2. The second-order valence-electron chi connectivity index (χ2n) is 2.82. The van der Waals surface area contributed by atoms with Crippen molar-refractivity contribution in [1.29, 1.82) is 5.39 Å². The van der Waals surface area contributed by atoms with Crippen molar-refractivity contribution in [3.8, 4) is 0 Å². The number of diazo groups is 1. The van der Waals surface area contributed by atoms with Crippen LogP contribution < -0.4 is 0 Å². The summed E-state index contributed by atoms with van der Waals surface area (Å²) >= 11 is 1.36. The molecule has 0 saturated carbocycles. The summed E-state index contributed by atoms with van der Waals surface area (Å²) in [4.78, 5) is 2.97. The summed E-state index contributed by atoms with van der Waals surface area (Å²) in [6.45, 7) is 1.90. The molecule has 0 unspecified atom stereocenters. The highest BCUT2D eigenvalue weighted by molar-refractivity contribution is 7.17. The highest BCUT2D eigenvalue weighted by Gasteiger charge is 2.13. The lowest BCUT2D eigenvalue weighted by molar-refractivity contribution is 0.642. The average Bonchev–Trinajstić information content (AvgIpc) is 2.48. The van der Waals surface area contributed by atoms with Crippen LogP contribution in [0.5, 0.6) is 0 Å². The molecule has 2 rings (SSSR count). The van der Waals surface area contributed by atoms with Crippen molar-refractivity contribution in [2.24, 2.45) is 0 Å². The lowest BCUT2D eigenvalue weighted by Crippen LogP contribution is -1.74. The van der Waals surface area contributed by atoms with Gasteiger partial charge in [-0.05, 0) is 17.9 Å². The van der Waals surface area contributed by atoms with Crippen LogP contribution in [-0.4, -0.2) is 0 Å². The Labute approximate surface area is 78.2 Å². The number of hydrogen-bond donors (Lipinski definition) is 0.